The normalized spacial score (nSPS) is 17.2. The number of hydrogen-bond acceptors (Lipinski definition) is 6. The van der Waals surface area contributed by atoms with Crippen LogP contribution in [-0.2, 0) is 11.3 Å². The van der Waals surface area contributed by atoms with Crippen LogP contribution in [0.3, 0.4) is 0 Å². The minimum Gasteiger partial charge on any atom is -0.372 e. The third-order valence-corrected chi connectivity index (χ3v) is 7.92. The number of hydrogen-bond donors (Lipinski definition) is 0. The molecule has 1 aromatic heterocycles. The average Bonchev–Trinajstić information content (AvgIpc) is 3.67. The van der Waals surface area contributed by atoms with E-state index in [-0.39, 0.29) is 12.0 Å². The summed E-state index contributed by atoms with van der Waals surface area (Å²) in [6, 6.07) is 22.4. The van der Waals surface area contributed by atoms with Crippen molar-refractivity contribution in [1.82, 2.24) is 9.80 Å². The van der Waals surface area contributed by atoms with Crippen LogP contribution in [0.4, 0.5) is 5.69 Å². The van der Waals surface area contributed by atoms with Gasteiger partial charge in [0.25, 0.3) is 5.91 Å². The molecule has 7 heteroatoms. The Hall–Kier alpha value is -3.18. The number of carbonyl (C=O) groups is 1. The fourth-order valence-electron chi connectivity index (χ4n) is 4.95. The molecule has 3 heterocycles. The SMILES string of the molecule is N#Cc1ccc(CO[C@@H](CN2CCN(C(=O)c3cccs3)CC2)c2cccc(N3CCCC3)c2)cc1. The van der Waals surface area contributed by atoms with Gasteiger partial charge in [0, 0.05) is 51.5 Å². The van der Waals surface area contributed by atoms with Gasteiger partial charge in [-0.15, -0.1) is 11.3 Å². The van der Waals surface area contributed by atoms with Crippen molar-refractivity contribution in [2.24, 2.45) is 0 Å². The Morgan fingerprint density at radius 2 is 1.75 bits per heavy atom. The molecule has 0 spiro atoms. The molecule has 6 nitrogen and oxygen atoms in total. The molecule has 0 saturated carbocycles. The highest BCUT2D eigenvalue weighted by Gasteiger charge is 2.26. The molecule has 3 aromatic rings. The predicted octanol–water partition coefficient (Wildman–Crippen LogP) is 4.94. The number of amides is 1. The molecule has 1 amide bonds. The van der Waals surface area contributed by atoms with Crippen molar-refractivity contribution in [2.45, 2.75) is 25.6 Å². The molecule has 0 aliphatic carbocycles. The van der Waals surface area contributed by atoms with E-state index < -0.39 is 0 Å². The van der Waals surface area contributed by atoms with Gasteiger partial charge >= 0.3 is 0 Å². The summed E-state index contributed by atoms with van der Waals surface area (Å²) in [5.74, 6) is 0.136. The van der Waals surface area contributed by atoms with Gasteiger partial charge in [0.05, 0.1) is 29.2 Å². The van der Waals surface area contributed by atoms with Gasteiger partial charge in [0.2, 0.25) is 0 Å². The largest absolute Gasteiger partial charge is 0.372 e. The Balaban J connectivity index is 1.27. The summed E-state index contributed by atoms with van der Waals surface area (Å²) in [6.07, 6.45) is 2.41. The lowest BCUT2D eigenvalue weighted by atomic mass is 10.1. The topological polar surface area (TPSA) is 59.8 Å². The fourth-order valence-corrected chi connectivity index (χ4v) is 5.64. The van der Waals surface area contributed by atoms with Gasteiger partial charge in [-0.2, -0.15) is 5.26 Å². The summed E-state index contributed by atoms with van der Waals surface area (Å²) in [6.45, 7) is 6.61. The van der Waals surface area contributed by atoms with Crippen LogP contribution in [0.2, 0.25) is 0 Å². The van der Waals surface area contributed by atoms with Crippen molar-refractivity contribution in [1.29, 1.82) is 5.26 Å². The zero-order valence-electron chi connectivity index (χ0n) is 20.5. The highest BCUT2D eigenvalue weighted by molar-refractivity contribution is 7.12. The minimum atomic E-state index is -0.0808. The van der Waals surface area contributed by atoms with Crippen LogP contribution in [0.25, 0.3) is 0 Å². The van der Waals surface area contributed by atoms with E-state index in [1.165, 1.54) is 35.4 Å². The summed E-state index contributed by atoms with van der Waals surface area (Å²) >= 11 is 1.51. The Bertz CT molecular complexity index is 1170. The Morgan fingerprint density at radius 3 is 2.44 bits per heavy atom. The number of benzene rings is 2. The molecule has 2 fully saturated rings. The van der Waals surface area contributed by atoms with E-state index in [0.29, 0.717) is 12.2 Å². The molecule has 0 unspecified atom stereocenters. The van der Waals surface area contributed by atoms with E-state index in [1.54, 1.807) is 0 Å². The van der Waals surface area contributed by atoms with Gasteiger partial charge in [0.1, 0.15) is 0 Å². The van der Waals surface area contributed by atoms with Crippen molar-refractivity contribution in [3.63, 3.8) is 0 Å². The van der Waals surface area contributed by atoms with Crippen LogP contribution in [-0.4, -0.2) is 61.5 Å². The Morgan fingerprint density at radius 1 is 0.972 bits per heavy atom. The molecular weight excluding hydrogens is 468 g/mol. The maximum absolute atomic E-state index is 12.7. The number of thiophene rings is 1. The highest BCUT2D eigenvalue weighted by Crippen LogP contribution is 2.28. The van der Waals surface area contributed by atoms with E-state index in [2.05, 4.69) is 40.1 Å². The molecule has 2 aromatic carbocycles. The second-order valence-corrected chi connectivity index (χ2v) is 10.4. The number of piperazine rings is 1. The summed E-state index contributed by atoms with van der Waals surface area (Å²) in [5.41, 5.74) is 4.16. The first kappa shape index (κ1) is 24.5. The van der Waals surface area contributed by atoms with Crippen LogP contribution in [0.15, 0.2) is 66.0 Å². The first-order valence-electron chi connectivity index (χ1n) is 12.7. The first-order chi connectivity index (χ1) is 17.7. The number of ether oxygens (including phenoxy) is 1. The van der Waals surface area contributed by atoms with Gasteiger partial charge in [-0.25, -0.2) is 0 Å². The second-order valence-electron chi connectivity index (χ2n) is 9.47. The van der Waals surface area contributed by atoms with Crippen LogP contribution in [0, 0.1) is 11.3 Å². The molecule has 1 atom stereocenters. The van der Waals surface area contributed by atoms with Crippen molar-refractivity contribution >= 4 is 22.9 Å². The lowest BCUT2D eigenvalue weighted by Crippen LogP contribution is -2.49. The molecule has 36 heavy (non-hydrogen) atoms. The Kier molecular flexibility index (Phi) is 7.97. The van der Waals surface area contributed by atoms with Crippen molar-refractivity contribution in [3.05, 3.63) is 87.6 Å². The summed E-state index contributed by atoms with van der Waals surface area (Å²) < 4.78 is 6.52. The van der Waals surface area contributed by atoms with E-state index in [4.69, 9.17) is 10.00 Å². The van der Waals surface area contributed by atoms with Gasteiger partial charge < -0.3 is 14.5 Å². The van der Waals surface area contributed by atoms with Gasteiger partial charge in [-0.3, -0.25) is 9.69 Å². The van der Waals surface area contributed by atoms with Gasteiger partial charge in [-0.05, 0) is 59.7 Å². The summed E-state index contributed by atoms with van der Waals surface area (Å²) in [4.78, 5) is 20.4. The van der Waals surface area contributed by atoms with Gasteiger partial charge in [0.15, 0.2) is 0 Å². The van der Waals surface area contributed by atoms with Crippen molar-refractivity contribution in [2.75, 3.05) is 50.7 Å². The van der Waals surface area contributed by atoms with Crippen molar-refractivity contribution < 1.29 is 9.53 Å². The van der Waals surface area contributed by atoms with Crippen LogP contribution in [0.5, 0.6) is 0 Å². The second kappa shape index (κ2) is 11.7. The molecule has 2 aliphatic heterocycles. The highest BCUT2D eigenvalue weighted by atomic mass is 32.1. The van der Waals surface area contributed by atoms with Crippen LogP contribution < -0.4 is 4.90 Å². The van der Waals surface area contributed by atoms with Crippen molar-refractivity contribution in [3.8, 4) is 6.07 Å². The number of nitrogens with zero attached hydrogens (tertiary/aromatic N) is 4. The standard InChI is InChI=1S/C29H32N4O2S/c30-20-23-8-10-24(11-9-23)22-35-27(25-5-3-6-26(19-25)32-12-1-2-13-32)21-31-14-16-33(17-15-31)29(34)28-7-4-18-36-28/h3-11,18-19,27H,1-2,12-17,21-22H2/t27-/m0/s1. The smallest absolute Gasteiger partial charge is 0.264 e. The molecule has 186 valence electrons. The van der Waals surface area contributed by atoms with Crippen LogP contribution >= 0.6 is 11.3 Å². The molecule has 0 bridgehead atoms. The summed E-state index contributed by atoms with van der Waals surface area (Å²) in [5, 5.41) is 11.0. The zero-order valence-corrected chi connectivity index (χ0v) is 21.3. The average molecular weight is 501 g/mol. The van der Waals surface area contributed by atoms with E-state index in [9.17, 15) is 4.79 Å². The van der Waals surface area contributed by atoms with Gasteiger partial charge in [-0.1, -0.05) is 30.3 Å². The maximum Gasteiger partial charge on any atom is 0.264 e. The lowest BCUT2D eigenvalue weighted by Gasteiger charge is -2.36. The van der Waals surface area contributed by atoms with Crippen LogP contribution in [0.1, 0.15) is 45.3 Å². The molecular formula is C29H32N4O2S. The lowest BCUT2D eigenvalue weighted by molar-refractivity contribution is 0.00349. The molecule has 0 radical (unpaired) electrons. The molecule has 5 rings (SSSR count). The quantitative estimate of drug-likeness (QED) is 0.439. The summed E-state index contributed by atoms with van der Waals surface area (Å²) in [7, 11) is 0. The third-order valence-electron chi connectivity index (χ3n) is 7.06. The molecule has 2 aliphatic rings. The molecule has 0 N–H and O–H groups in total. The Labute approximate surface area is 217 Å². The number of carbonyl (C=O) groups excluding carboxylic acids is 1. The van der Waals surface area contributed by atoms with E-state index in [0.717, 1.165) is 56.3 Å². The maximum atomic E-state index is 12.7. The predicted molar refractivity (Wildman–Crippen MR) is 143 cm³/mol. The zero-order chi connectivity index (χ0) is 24.7. The third kappa shape index (κ3) is 5.96. The van der Waals surface area contributed by atoms with E-state index >= 15 is 0 Å². The number of rotatable bonds is 8. The monoisotopic (exact) mass is 500 g/mol. The fraction of sp³-hybridized carbons (Fsp3) is 0.379. The molecule has 2 saturated heterocycles. The minimum absolute atomic E-state index is 0.0808. The number of anilines is 1. The number of nitriles is 1. The van der Waals surface area contributed by atoms with E-state index in [1.807, 2.05) is 46.7 Å². The first-order valence-corrected chi connectivity index (χ1v) is 13.6.